The van der Waals surface area contributed by atoms with Gasteiger partial charge in [0.05, 0.1) is 23.6 Å². The molecule has 0 aromatic heterocycles. The van der Waals surface area contributed by atoms with Crippen LogP contribution in [0.25, 0.3) is 0 Å². The van der Waals surface area contributed by atoms with Crippen molar-refractivity contribution < 1.29 is 19.4 Å². The number of carbonyl (C=O) groups is 1. The van der Waals surface area contributed by atoms with Gasteiger partial charge in [-0.05, 0) is 52.9 Å². The fourth-order valence-corrected chi connectivity index (χ4v) is 2.38. The van der Waals surface area contributed by atoms with Gasteiger partial charge in [0.1, 0.15) is 0 Å². The second-order valence-corrected chi connectivity index (χ2v) is 5.72. The minimum absolute atomic E-state index is 0.286. The lowest BCUT2D eigenvalue weighted by atomic mass is 10.0. The third kappa shape index (κ3) is 3.62. The Morgan fingerprint density at radius 1 is 1.53 bits per heavy atom. The first-order valence-electron chi connectivity index (χ1n) is 6.27. The smallest absolute Gasteiger partial charge is 0.306 e. The standard InChI is InChI=1S/C14H17BrO4/c1-8(14(16)17)5-9-6-11(15)13(12(7-9)18-2)19-10-3-4-10/h6-8,10H,3-5H2,1-2H3,(H,16,17). The number of benzene rings is 1. The van der Waals surface area contributed by atoms with Crippen LogP contribution in [-0.4, -0.2) is 24.3 Å². The molecule has 0 bridgehead atoms. The van der Waals surface area contributed by atoms with E-state index in [-0.39, 0.29) is 6.10 Å². The van der Waals surface area contributed by atoms with Gasteiger partial charge in [-0.1, -0.05) is 6.92 Å². The number of carboxylic acids is 1. The van der Waals surface area contributed by atoms with Gasteiger partial charge >= 0.3 is 5.97 Å². The van der Waals surface area contributed by atoms with Gasteiger partial charge in [-0.15, -0.1) is 0 Å². The van der Waals surface area contributed by atoms with Crippen LogP contribution in [0, 0.1) is 5.92 Å². The van der Waals surface area contributed by atoms with Gasteiger partial charge in [-0.2, -0.15) is 0 Å². The Balaban J connectivity index is 2.21. The zero-order chi connectivity index (χ0) is 14.0. The highest BCUT2D eigenvalue weighted by Gasteiger charge is 2.26. The van der Waals surface area contributed by atoms with E-state index in [2.05, 4.69) is 15.9 Å². The predicted molar refractivity (Wildman–Crippen MR) is 74.8 cm³/mol. The number of ether oxygens (including phenoxy) is 2. The molecular weight excluding hydrogens is 312 g/mol. The summed E-state index contributed by atoms with van der Waals surface area (Å²) in [5.74, 6) is 0.130. The molecule has 1 aromatic carbocycles. The largest absolute Gasteiger partial charge is 0.493 e. The number of carboxylic acid groups (broad SMARTS) is 1. The lowest BCUT2D eigenvalue weighted by Gasteiger charge is -2.15. The number of rotatable bonds is 6. The van der Waals surface area contributed by atoms with Crippen molar-refractivity contribution in [3.8, 4) is 11.5 Å². The molecule has 5 heteroatoms. The maximum atomic E-state index is 10.9. The summed E-state index contributed by atoms with van der Waals surface area (Å²) in [7, 11) is 1.59. The van der Waals surface area contributed by atoms with Crippen molar-refractivity contribution in [2.24, 2.45) is 5.92 Å². The van der Waals surface area contributed by atoms with Crippen molar-refractivity contribution in [2.45, 2.75) is 32.3 Å². The Morgan fingerprint density at radius 2 is 2.21 bits per heavy atom. The van der Waals surface area contributed by atoms with Crippen LogP contribution >= 0.6 is 15.9 Å². The molecule has 2 rings (SSSR count). The lowest BCUT2D eigenvalue weighted by molar-refractivity contribution is -0.141. The van der Waals surface area contributed by atoms with E-state index in [0.29, 0.717) is 17.9 Å². The van der Waals surface area contributed by atoms with Crippen LogP contribution in [0.4, 0.5) is 0 Å². The van der Waals surface area contributed by atoms with Crippen molar-refractivity contribution in [1.82, 2.24) is 0 Å². The molecule has 4 nitrogen and oxygen atoms in total. The molecule has 1 aromatic rings. The highest BCUT2D eigenvalue weighted by atomic mass is 79.9. The van der Waals surface area contributed by atoms with Gasteiger partial charge in [0, 0.05) is 0 Å². The van der Waals surface area contributed by atoms with E-state index in [1.54, 1.807) is 14.0 Å². The van der Waals surface area contributed by atoms with E-state index in [9.17, 15) is 4.79 Å². The van der Waals surface area contributed by atoms with Crippen LogP contribution in [0.5, 0.6) is 11.5 Å². The minimum atomic E-state index is -0.798. The van der Waals surface area contributed by atoms with E-state index in [1.165, 1.54) is 0 Å². The quantitative estimate of drug-likeness (QED) is 0.870. The Kier molecular flexibility index (Phi) is 4.34. The summed E-state index contributed by atoms with van der Waals surface area (Å²) in [6, 6.07) is 3.75. The third-order valence-electron chi connectivity index (χ3n) is 3.06. The van der Waals surface area contributed by atoms with Crippen molar-refractivity contribution in [1.29, 1.82) is 0 Å². The fraction of sp³-hybridized carbons (Fsp3) is 0.500. The monoisotopic (exact) mass is 328 g/mol. The summed E-state index contributed by atoms with van der Waals surface area (Å²) in [5, 5.41) is 8.95. The molecule has 0 aliphatic heterocycles. The van der Waals surface area contributed by atoms with E-state index in [4.69, 9.17) is 14.6 Å². The first-order valence-corrected chi connectivity index (χ1v) is 7.06. The number of hydrogen-bond acceptors (Lipinski definition) is 3. The first-order chi connectivity index (χ1) is 9.01. The molecular formula is C14H17BrO4. The molecule has 1 saturated carbocycles. The van der Waals surface area contributed by atoms with E-state index >= 15 is 0 Å². The van der Waals surface area contributed by atoms with E-state index < -0.39 is 11.9 Å². The topological polar surface area (TPSA) is 55.8 Å². The molecule has 0 heterocycles. The number of aliphatic carboxylic acids is 1. The van der Waals surface area contributed by atoms with Crippen molar-refractivity contribution in [3.05, 3.63) is 22.2 Å². The fourth-order valence-electron chi connectivity index (χ4n) is 1.80. The normalized spacial score (nSPS) is 15.9. The van der Waals surface area contributed by atoms with Crippen molar-refractivity contribution >= 4 is 21.9 Å². The average molecular weight is 329 g/mol. The number of methoxy groups -OCH3 is 1. The van der Waals surface area contributed by atoms with Crippen LogP contribution < -0.4 is 9.47 Å². The van der Waals surface area contributed by atoms with Gasteiger partial charge in [0.15, 0.2) is 11.5 Å². The average Bonchev–Trinajstić information content (AvgIpc) is 3.15. The van der Waals surface area contributed by atoms with Crippen LogP contribution in [0.15, 0.2) is 16.6 Å². The predicted octanol–water partition coefficient (Wildman–Crippen LogP) is 3.26. The second-order valence-electron chi connectivity index (χ2n) is 4.87. The van der Waals surface area contributed by atoms with Crippen LogP contribution in [0.3, 0.4) is 0 Å². The Bertz CT molecular complexity index is 483. The maximum Gasteiger partial charge on any atom is 0.306 e. The molecule has 1 N–H and O–H groups in total. The summed E-state index contributed by atoms with van der Waals surface area (Å²) >= 11 is 3.47. The van der Waals surface area contributed by atoms with Gasteiger partial charge in [0.2, 0.25) is 0 Å². The molecule has 104 valence electrons. The van der Waals surface area contributed by atoms with Crippen LogP contribution in [0.1, 0.15) is 25.3 Å². The summed E-state index contributed by atoms with van der Waals surface area (Å²) in [6.07, 6.45) is 2.91. The second kappa shape index (κ2) is 5.82. The van der Waals surface area contributed by atoms with Crippen LogP contribution in [-0.2, 0) is 11.2 Å². The Labute approximate surface area is 120 Å². The summed E-state index contributed by atoms with van der Waals surface area (Å²) in [6.45, 7) is 1.69. The molecule has 0 amide bonds. The first kappa shape index (κ1) is 14.2. The minimum Gasteiger partial charge on any atom is -0.493 e. The molecule has 0 saturated heterocycles. The summed E-state index contributed by atoms with van der Waals surface area (Å²) in [5.41, 5.74) is 0.918. The third-order valence-corrected chi connectivity index (χ3v) is 3.65. The van der Waals surface area contributed by atoms with E-state index in [1.807, 2.05) is 12.1 Å². The molecule has 1 aliphatic rings. The van der Waals surface area contributed by atoms with E-state index in [0.717, 1.165) is 22.9 Å². The van der Waals surface area contributed by atoms with Gasteiger partial charge < -0.3 is 14.6 Å². The number of halogens is 1. The number of hydrogen-bond donors (Lipinski definition) is 1. The Hall–Kier alpha value is -1.23. The molecule has 1 fully saturated rings. The maximum absolute atomic E-state index is 10.9. The molecule has 1 atom stereocenters. The SMILES string of the molecule is COc1cc(CC(C)C(=O)O)cc(Br)c1OC1CC1. The zero-order valence-corrected chi connectivity index (χ0v) is 12.6. The molecule has 1 unspecified atom stereocenters. The van der Waals surface area contributed by atoms with Gasteiger partial charge in [-0.25, -0.2) is 0 Å². The molecule has 1 aliphatic carbocycles. The van der Waals surface area contributed by atoms with Crippen molar-refractivity contribution in [2.75, 3.05) is 7.11 Å². The summed E-state index contributed by atoms with van der Waals surface area (Å²) < 4.78 is 11.9. The molecule has 0 spiro atoms. The lowest BCUT2D eigenvalue weighted by Crippen LogP contribution is -2.12. The highest BCUT2D eigenvalue weighted by Crippen LogP contribution is 2.40. The van der Waals surface area contributed by atoms with Crippen molar-refractivity contribution in [3.63, 3.8) is 0 Å². The molecule has 0 radical (unpaired) electrons. The molecule has 19 heavy (non-hydrogen) atoms. The van der Waals surface area contributed by atoms with Gasteiger partial charge in [-0.3, -0.25) is 4.79 Å². The zero-order valence-electron chi connectivity index (χ0n) is 11.0. The highest BCUT2D eigenvalue weighted by molar-refractivity contribution is 9.10. The summed E-state index contributed by atoms with van der Waals surface area (Å²) in [4.78, 5) is 10.9. The van der Waals surface area contributed by atoms with Crippen LogP contribution in [0.2, 0.25) is 0 Å². The van der Waals surface area contributed by atoms with Gasteiger partial charge in [0.25, 0.3) is 0 Å². The Morgan fingerprint density at radius 3 is 2.74 bits per heavy atom.